The van der Waals surface area contributed by atoms with Crippen LogP contribution in [0.25, 0.3) is 0 Å². The topological polar surface area (TPSA) is 52.6 Å². The second kappa shape index (κ2) is 27.4. The van der Waals surface area contributed by atoms with Crippen molar-refractivity contribution >= 4 is 10.4 Å². The third-order valence-electron chi connectivity index (χ3n) is 7.74. The van der Waals surface area contributed by atoms with Crippen LogP contribution in [0.5, 0.6) is 0 Å². The molecule has 2 atom stereocenters. The van der Waals surface area contributed by atoms with E-state index in [1.54, 1.807) is 0 Å². The fourth-order valence-corrected chi connectivity index (χ4v) is 5.83. The molecule has 0 heterocycles. The molecule has 0 amide bonds. The summed E-state index contributed by atoms with van der Waals surface area (Å²) in [6.45, 7) is 9.54. The standard InChI is InChI=1S/C32H66O4S/c1-5-7-9-11-13-15-17-19-21-25-31(3)27-23-29-35-37(33,34)36-30-24-28-32(4)26-22-20-18-16-14-12-10-8-6-2/h31-32H,5-30H2,1-4H3. The molecule has 0 fully saturated rings. The maximum absolute atomic E-state index is 12.0. The Balaban J connectivity index is 3.54. The molecule has 0 spiro atoms. The molecule has 0 saturated carbocycles. The lowest BCUT2D eigenvalue weighted by Crippen LogP contribution is -2.13. The first-order valence-corrected chi connectivity index (χ1v) is 17.8. The van der Waals surface area contributed by atoms with Crippen molar-refractivity contribution in [1.29, 1.82) is 0 Å². The van der Waals surface area contributed by atoms with Gasteiger partial charge in [0.2, 0.25) is 0 Å². The minimum Gasteiger partial charge on any atom is -0.248 e. The van der Waals surface area contributed by atoms with Crippen molar-refractivity contribution in [3.05, 3.63) is 0 Å². The Bertz CT molecular complexity index is 507. The van der Waals surface area contributed by atoms with Crippen LogP contribution in [-0.4, -0.2) is 21.6 Å². The summed E-state index contributed by atoms with van der Waals surface area (Å²) in [7, 11) is -3.85. The van der Waals surface area contributed by atoms with Crippen LogP contribution < -0.4 is 0 Å². The van der Waals surface area contributed by atoms with Crippen LogP contribution in [0.15, 0.2) is 0 Å². The molecular formula is C32H66O4S. The fourth-order valence-electron chi connectivity index (χ4n) is 5.12. The molecule has 2 unspecified atom stereocenters. The van der Waals surface area contributed by atoms with Gasteiger partial charge in [0, 0.05) is 0 Å². The molecule has 4 nitrogen and oxygen atoms in total. The van der Waals surface area contributed by atoms with E-state index < -0.39 is 10.4 Å². The van der Waals surface area contributed by atoms with Crippen molar-refractivity contribution in [2.75, 3.05) is 13.2 Å². The highest BCUT2D eigenvalue weighted by Crippen LogP contribution is 2.19. The van der Waals surface area contributed by atoms with E-state index >= 15 is 0 Å². The third kappa shape index (κ3) is 28.7. The lowest BCUT2D eigenvalue weighted by Gasteiger charge is -2.12. The van der Waals surface area contributed by atoms with Gasteiger partial charge in [-0.05, 0) is 37.5 Å². The molecule has 0 bridgehead atoms. The van der Waals surface area contributed by atoms with E-state index in [0.717, 1.165) is 25.7 Å². The second-order valence-electron chi connectivity index (χ2n) is 11.8. The predicted molar refractivity (Wildman–Crippen MR) is 161 cm³/mol. The number of hydrogen-bond donors (Lipinski definition) is 0. The predicted octanol–water partition coefficient (Wildman–Crippen LogP) is 10.9. The average Bonchev–Trinajstić information content (AvgIpc) is 2.87. The van der Waals surface area contributed by atoms with Crippen molar-refractivity contribution in [1.82, 2.24) is 0 Å². The highest BCUT2D eigenvalue weighted by Gasteiger charge is 2.13. The molecule has 0 aromatic heterocycles. The normalized spacial score (nSPS) is 13.7. The third-order valence-corrected chi connectivity index (χ3v) is 8.65. The van der Waals surface area contributed by atoms with Crippen molar-refractivity contribution in [2.24, 2.45) is 11.8 Å². The molecule has 5 heteroatoms. The van der Waals surface area contributed by atoms with Gasteiger partial charge >= 0.3 is 10.4 Å². The molecule has 0 aromatic carbocycles. The Morgan fingerprint density at radius 2 is 0.703 bits per heavy atom. The van der Waals surface area contributed by atoms with Crippen LogP contribution in [-0.2, 0) is 18.8 Å². The summed E-state index contributed by atoms with van der Waals surface area (Å²) in [4.78, 5) is 0. The van der Waals surface area contributed by atoms with Crippen LogP contribution >= 0.6 is 0 Å². The van der Waals surface area contributed by atoms with Gasteiger partial charge < -0.3 is 0 Å². The van der Waals surface area contributed by atoms with E-state index in [4.69, 9.17) is 8.37 Å². The minimum absolute atomic E-state index is 0.236. The maximum Gasteiger partial charge on any atom is 0.399 e. The molecular weight excluding hydrogens is 480 g/mol. The van der Waals surface area contributed by atoms with E-state index in [1.165, 1.54) is 128 Å². The molecule has 0 N–H and O–H groups in total. The molecule has 0 rings (SSSR count). The van der Waals surface area contributed by atoms with Gasteiger partial charge in [-0.2, -0.15) is 8.42 Å². The van der Waals surface area contributed by atoms with Gasteiger partial charge in [0.25, 0.3) is 0 Å². The molecule has 0 aliphatic rings. The zero-order chi connectivity index (χ0) is 27.5. The van der Waals surface area contributed by atoms with Gasteiger partial charge in [-0.15, -0.1) is 0 Å². The molecule has 0 aliphatic carbocycles. The average molecular weight is 547 g/mol. The van der Waals surface area contributed by atoms with Gasteiger partial charge in [-0.25, -0.2) is 8.37 Å². The quantitative estimate of drug-likeness (QED) is 0.0841. The number of unbranched alkanes of at least 4 members (excludes halogenated alkanes) is 16. The van der Waals surface area contributed by atoms with Gasteiger partial charge in [-0.1, -0.05) is 156 Å². The number of rotatable bonds is 30. The zero-order valence-electron chi connectivity index (χ0n) is 25.6. The van der Waals surface area contributed by atoms with Crippen LogP contribution in [0.3, 0.4) is 0 Å². The van der Waals surface area contributed by atoms with Crippen LogP contribution in [0.4, 0.5) is 0 Å². The lowest BCUT2D eigenvalue weighted by molar-refractivity contribution is 0.202. The summed E-state index contributed by atoms with van der Waals surface area (Å²) in [6.07, 6.45) is 30.5. The fraction of sp³-hybridized carbons (Fsp3) is 1.00. The van der Waals surface area contributed by atoms with Crippen molar-refractivity contribution in [3.8, 4) is 0 Å². The Morgan fingerprint density at radius 1 is 0.432 bits per heavy atom. The smallest absolute Gasteiger partial charge is 0.248 e. The van der Waals surface area contributed by atoms with Gasteiger partial charge in [-0.3, -0.25) is 0 Å². The van der Waals surface area contributed by atoms with Crippen LogP contribution in [0.1, 0.15) is 182 Å². The second-order valence-corrected chi connectivity index (χ2v) is 13.1. The maximum atomic E-state index is 12.0. The zero-order valence-corrected chi connectivity index (χ0v) is 26.4. The van der Waals surface area contributed by atoms with Crippen LogP contribution in [0, 0.1) is 11.8 Å². The summed E-state index contributed by atoms with van der Waals surface area (Å²) in [6, 6.07) is 0. The van der Waals surface area contributed by atoms with E-state index in [-0.39, 0.29) is 13.2 Å². The summed E-state index contributed by atoms with van der Waals surface area (Å²) in [5, 5.41) is 0. The molecule has 37 heavy (non-hydrogen) atoms. The molecule has 0 aliphatic heterocycles. The van der Waals surface area contributed by atoms with Gasteiger partial charge in [0.15, 0.2) is 0 Å². The van der Waals surface area contributed by atoms with E-state index in [2.05, 4.69) is 27.7 Å². The molecule has 224 valence electrons. The molecule has 0 saturated heterocycles. The monoisotopic (exact) mass is 546 g/mol. The minimum atomic E-state index is -3.85. The Labute approximate surface area is 233 Å². The number of hydrogen-bond acceptors (Lipinski definition) is 4. The molecule has 0 radical (unpaired) electrons. The van der Waals surface area contributed by atoms with Gasteiger partial charge in [0.05, 0.1) is 13.2 Å². The largest absolute Gasteiger partial charge is 0.399 e. The lowest BCUT2D eigenvalue weighted by atomic mass is 9.97. The first-order valence-electron chi connectivity index (χ1n) is 16.4. The highest BCUT2D eigenvalue weighted by atomic mass is 32.3. The van der Waals surface area contributed by atoms with Crippen molar-refractivity contribution in [3.63, 3.8) is 0 Å². The SMILES string of the molecule is CCCCCCCCCCCC(C)CCCOS(=O)(=O)OCCCC(C)CCCCCCCCCCC. The first kappa shape index (κ1) is 36.9. The summed E-state index contributed by atoms with van der Waals surface area (Å²) in [5.74, 6) is 1.26. The van der Waals surface area contributed by atoms with Gasteiger partial charge in [0.1, 0.15) is 0 Å². The summed E-state index contributed by atoms with van der Waals surface area (Å²) >= 11 is 0. The van der Waals surface area contributed by atoms with Crippen molar-refractivity contribution in [2.45, 2.75) is 182 Å². The Kier molecular flexibility index (Phi) is 27.3. The summed E-state index contributed by atoms with van der Waals surface area (Å²) < 4.78 is 34.1. The Morgan fingerprint density at radius 3 is 1.03 bits per heavy atom. The van der Waals surface area contributed by atoms with E-state index in [0.29, 0.717) is 11.8 Å². The Hall–Kier alpha value is -0.130. The van der Waals surface area contributed by atoms with Crippen molar-refractivity contribution < 1.29 is 16.8 Å². The van der Waals surface area contributed by atoms with E-state index in [9.17, 15) is 8.42 Å². The summed E-state index contributed by atoms with van der Waals surface area (Å²) in [5.41, 5.74) is 0. The first-order chi connectivity index (χ1) is 17.9. The van der Waals surface area contributed by atoms with Crippen LogP contribution in [0.2, 0.25) is 0 Å². The highest BCUT2D eigenvalue weighted by molar-refractivity contribution is 7.81. The molecule has 0 aromatic rings. The van der Waals surface area contributed by atoms with E-state index in [1.807, 2.05) is 0 Å².